The number of hydrogen-bond donors (Lipinski definition) is 2. The fourth-order valence-corrected chi connectivity index (χ4v) is 2.79. The highest BCUT2D eigenvalue weighted by Gasteiger charge is 2.15. The van der Waals surface area contributed by atoms with Crippen molar-refractivity contribution in [3.05, 3.63) is 16.1 Å². The predicted molar refractivity (Wildman–Crippen MR) is 83.4 cm³/mol. The first-order chi connectivity index (χ1) is 8.24. The lowest BCUT2D eigenvalue weighted by Crippen LogP contribution is -2.23. The van der Waals surface area contributed by atoms with E-state index in [1.54, 1.807) is 11.3 Å². The van der Waals surface area contributed by atoms with Crippen LogP contribution in [0.5, 0.6) is 0 Å². The number of nitrogens with zero attached hydrogens (tertiary/aromatic N) is 1. The fraction of sp³-hybridized carbons (Fsp3) is 0.667. The molecule has 0 aliphatic carbocycles. The van der Waals surface area contributed by atoms with E-state index in [1.807, 2.05) is 13.1 Å². The van der Waals surface area contributed by atoms with Crippen LogP contribution >= 0.6 is 36.2 Å². The number of carbonyl (C=O) groups excluding carboxylic acids is 1. The Morgan fingerprint density at radius 2 is 2.37 bits per heavy atom. The first-order valence-corrected chi connectivity index (χ1v) is 6.94. The van der Waals surface area contributed by atoms with Crippen LogP contribution in [-0.2, 0) is 11.3 Å². The third kappa shape index (κ3) is 6.56. The molecule has 1 amide bonds. The Morgan fingerprint density at radius 1 is 1.58 bits per heavy atom. The van der Waals surface area contributed by atoms with Crippen molar-refractivity contribution in [2.75, 3.05) is 13.1 Å². The standard InChI is InChI=1S/C12H19N3OS.2ClH/c1-9-14-7-11(17-9)8-15-12(16)3-2-10-4-5-13-6-10;;/h7,10,13H,2-6,8H2,1H3,(H,15,16);2*1H. The van der Waals surface area contributed by atoms with Gasteiger partial charge in [-0.3, -0.25) is 4.79 Å². The summed E-state index contributed by atoms with van der Waals surface area (Å²) < 4.78 is 0. The van der Waals surface area contributed by atoms with Gasteiger partial charge < -0.3 is 10.6 Å². The van der Waals surface area contributed by atoms with Crippen LogP contribution < -0.4 is 10.6 Å². The summed E-state index contributed by atoms with van der Waals surface area (Å²) >= 11 is 1.64. The van der Waals surface area contributed by atoms with Gasteiger partial charge in [0, 0.05) is 17.5 Å². The molecular formula is C12H21Cl2N3OS. The molecule has 1 unspecified atom stereocenters. The van der Waals surface area contributed by atoms with Gasteiger partial charge in [0.25, 0.3) is 0 Å². The zero-order chi connectivity index (χ0) is 12.1. The summed E-state index contributed by atoms with van der Waals surface area (Å²) in [6.45, 7) is 4.77. The van der Waals surface area contributed by atoms with Crippen LogP contribution in [0.1, 0.15) is 29.1 Å². The van der Waals surface area contributed by atoms with E-state index in [0.29, 0.717) is 18.9 Å². The van der Waals surface area contributed by atoms with E-state index in [0.717, 1.165) is 29.4 Å². The predicted octanol–water partition coefficient (Wildman–Crippen LogP) is 2.30. The summed E-state index contributed by atoms with van der Waals surface area (Å²) in [4.78, 5) is 16.9. The molecule has 0 bridgehead atoms. The number of amides is 1. The van der Waals surface area contributed by atoms with Crippen molar-refractivity contribution >= 4 is 42.1 Å². The van der Waals surface area contributed by atoms with Crippen LogP contribution in [0.2, 0.25) is 0 Å². The maximum Gasteiger partial charge on any atom is 0.220 e. The van der Waals surface area contributed by atoms with Crippen molar-refractivity contribution in [1.29, 1.82) is 0 Å². The second kappa shape index (κ2) is 9.53. The van der Waals surface area contributed by atoms with E-state index in [9.17, 15) is 4.79 Å². The van der Waals surface area contributed by atoms with Gasteiger partial charge in [-0.05, 0) is 38.8 Å². The highest BCUT2D eigenvalue weighted by atomic mass is 35.5. The zero-order valence-corrected chi connectivity index (χ0v) is 13.4. The molecule has 7 heteroatoms. The Morgan fingerprint density at radius 3 is 2.95 bits per heavy atom. The van der Waals surface area contributed by atoms with Crippen LogP contribution in [0.15, 0.2) is 6.20 Å². The maximum absolute atomic E-state index is 11.6. The van der Waals surface area contributed by atoms with Crippen LogP contribution in [0.25, 0.3) is 0 Å². The largest absolute Gasteiger partial charge is 0.351 e. The number of nitrogens with one attached hydrogen (secondary N) is 2. The molecule has 0 saturated carbocycles. The molecule has 1 atom stereocenters. The van der Waals surface area contributed by atoms with Gasteiger partial charge in [-0.25, -0.2) is 4.98 Å². The molecule has 0 aromatic carbocycles. The lowest BCUT2D eigenvalue weighted by molar-refractivity contribution is -0.121. The minimum atomic E-state index is 0. The van der Waals surface area contributed by atoms with E-state index in [4.69, 9.17) is 0 Å². The minimum absolute atomic E-state index is 0. The van der Waals surface area contributed by atoms with Crippen LogP contribution in [0.3, 0.4) is 0 Å². The van der Waals surface area contributed by atoms with Gasteiger partial charge in [0.2, 0.25) is 5.91 Å². The maximum atomic E-state index is 11.6. The molecule has 1 aromatic rings. The fourth-order valence-electron chi connectivity index (χ4n) is 2.06. The minimum Gasteiger partial charge on any atom is -0.351 e. The van der Waals surface area contributed by atoms with Crippen molar-refractivity contribution in [2.45, 2.75) is 32.7 Å². The molecule has 2 N–H and O–H groups in total. The number of halogens is 2. The van der Waals surface area contributed by atoms with Gasteiger partial charge in [0.05, 0.1) is 11.6 Å². The van der Waals surface area contributed by atoms with Gasteiger partial charge in [0.1, 0.15) is 0 Å². The molecule has 1 aliphatic rings. The van der Waals surface area contributed by atoms with Crippen LogP contribution in [0.4, 0.5) is 0 Å². The molecule has 0 spiro atoms. The smallest absolute Gasteiger partial charge is 0.220 e. The molecule has 4 nitrogen and oxygen atoms in total. The SMILES string of the molecule is Cc1ncc(CNC(=O)CCC2CCNC2)s1.Cl.Cl. The molecule has 19 heavy (non-hydrogen) atoms. The Hall–Kier alpha value is -0.360. The summed E-state index contributed by atoms with van der Waals surface area (Å²) in [7, 11) is 0. The number of aromatic nitrogens is 1. The number of thiazole rings is 1. The van der Waals surface area contributed by atoms with Gasteiger partial charge in [-0.15, -0.1) is 36.2 Å². The number of carbonyl (C=O) groups is 1. The molecule has 2 heterocycles. The first kappa shape index (κ1) is 18.6. The average molecular weight is 326 g/mol. The Balaban J connectivity index is 0.00000162. The molecule has 1 aliphatic heterocycles. The number of hydrogen-bond acceptors (Lipinski definition) is 4. The third-order valence-corrected chi connectivity index (χ3v) is 3.98. The van der Waals surface area contributed by atoms with E-state index < -0.39 is 0 Å². The Labute approximate surface area is 130 Å². The summed E-state index contributed by atoms with van der Waals surface area (Å²) in [6, 6.07) is 0. The highest BCUT2D eigenvalue weighted by Crippen LogP contribution is 2.14. The molecule has 2 rings (SSSR count). The Kier molecular flexibility index (Phi) is 9.35. The van der Waals surface area contributed by atoms with Crippen molar-refractivity contribution < 1.29 is 4.79 Å². The highest BCUT2D eigenvalue weighted by molar-refractivity contribution is 7.11. The summed E-state index contributed by atoms with van der Waals surface area (Å²) in [5.74, 6) is 0.842. The van der Waals surface area contributed by atoms with E-state index in [1.165, 1.54) is 6.42 Å². The second-order valence-electron chi connectivity index (χ2n) is 4.52. The number of rotatable bonds is 5. The zero-order valence-electron chi connectivity index (χ0n) is 11.0. The van der Waals surface area contributed by atoms with Gasteiger partial charge >= 0.3 is 0 Å². The normalized spacial score (nSPS) is 17.4. The molecule has 1 aromatic heterocycles. The van der Waals surface area contributed by atoms with Gasteiger partial charge in [0.15, 0.2) is 0 Å². The van der Waals surface area contributed by atoms with Crippen molar-refractivity contribution in [1.82, 2.24) is 15.6 Å². The molecule has 1 fully saturated rings. The molecule has 110 valence electrons. The van der Waals surface area contributed by atoms with E-state index in [2.05, 4.69) is 15.6 Å². The van der Waals surface area contributed by atoms with Gasteiger partial charge in [-0.2, -0.15) is 0 Å². The number of aryl methyl sites for hydroxylation is 1. The summed E-state index contributed by atoms with van der Waals surface area (Å²) in [5.41, 5.74) is 0. The first-order valence-electron chi connectivity index (χ1n) is 6.13. The lowest BCUT2D eigenvalue weighted by atomic mass is 10.0. The molecule has 0 radical (unpaired) electrons. The second-order valence-corrected chi connectivity index (χ2v) is 5.84. The van der Waals surface area contributed by atoms with Crippen molar-refractivity contribution in [2.24, 2.45) is 5.92 Å². The lowest BCUT2D eigenvalue weighted by Gasteiger charge is -2.07. The topological polar surface area (TPSA) is 54.0 Å². The average Bonchev–Trinajstić information content (AvgIpc) is 2.95. The van der Waals surface area contributed by atoms with Crippen molar-refractivity contribution in [3.8, 4) is 0 Å². The van der Waals surface area contributed by atoms with E-state index >= 15 is 0 Å². The molecule has 1 saturated heterocycles. The Bertz CT molecular complexity index is 381. The summed E-state index contributed by atoms with van der Waals surface area (Å²) in [6.07, 6.45) is 4.69. The van der Waals surface area contributed by atoms with Gasteiger partial charge in [-0.1, -0.05) is 0 Å². The van der Waals surface area contributed by atoms with Crippen molar-refractivity contribution in [3.63, 3.8) is 0 Å². The van der Waals surface area contributed by atoms with Crippen LogP contribution in [0, 0.1) is 12.8 Å². The van der Waals surface area contributed by atoms with E-state index in [-0.39, 0.29) is 30.7 Å². The third-order valence-electron chi connectivity index (χ3n) is 3.07. The summed E-state index contributed by atoms with van der Waals surface area (Å²) in [5, 5.41) is 7.31. The monoisotopic (exact) mass is 325 g/mol. The quantitative estimate of drug-likeness (QED) is 0.873. The molecular weight excluding hydrogens is 305 g/mol. The van der Waals surface area contributed by atoms with Crippen LogP contribution in [-0.4, -0.2) is 24.0 Å².